The zero-order valence-electron chi connectivity index (χ0n) is 21.2. The van der Waals surface area contributed by atoms with Crippen LogP contribution >= 0.6 is 22.9 Å². The van der Waals surface area contributed by atoms with Crippen LogP contribution in [-0.4, -0.2) is 69.0 Å². The smallest absolute Gasteiger partial charge is 0.414 e. The van der Waals surface area contributed by atoms with E-state index in [4.69, 9.17) is 36.1 Å². The molecule has 2 aromatic heterocycles. The van der Waals surface area contributed by atoms with Crippen LogP contribution in [0.1, 0.15) is 36.3 Å². The van der Waals surface area contributed by atoms with E-state index >= 15 is 0 Å². The predicted molar refractivity (Wildman–Crippen MR) is 150 cm³/mol. The molecule has 3 atom stereocenters. The second kappa shape index (κ2) is 12.2. The number of likely N-dealkylation sites (tertiary alicyclic amines) is 1. The molecule has 0 unspecified atom stereocenters. The summed E-state index contributed by atoms with van der Waals surface area (Å²) in [4.78, 5) is 25.4. The maximum Gasteiger partial charge on any atom is 0.414 e. The third-order valence-corrected chi connectivity index (χ3v) is 8.25. The summed E-state index contributed by atoms with van der Waals surface area (Å²) in [5.41, 5.74) is 2.17. The number of carboxylic acids is 2. The normalized spacial score (nSPS) is 18.6. The maximum absolute atomic E-state index is 10.7. The van der Waals surface area contributed by atoms with Crippen molar-refractivity contribution in [2.45, 2.75) is 44.8 Å². The van der Waals surface area contributed by atoms with Gasteiger partial charge in [-0.2, -0.15) is 0 Å². The summed E-state index contributed by atoms with van der Waals surface area (Å²) >= 11 is 8.05. The summed E-state index contributed by atoms with van der Waals surface area (Å²) in [5.74, 6) is -2.26. The Balaban J connectivity index is 0.000000505. The van der Waals surface area contributed by atoms with Crippen molar-refractivity contribution >= 4 is 55.9 Å². The molecule has 0 amide bonds. The molecule has 202 valence electrons. The number of aromatic nitrogens is 1. The third kappa shape index (κ3) is 6.85. The van der Waals surface area contributed by atoms with E-state index in [1.807, 2.05) is 42.5 Å². The van der Waals surface area contributed by atoms with Gasteiger partial charge in [-0.05, 0) is 87.0 Å². The van der Waals surface area contributed by atoms with Crippen molar-refractivity contribution in [1.29, 1.82) is 0 Å². The van der Waals surface area contributed by atoms with Crippen molar-refractivity contribution in [2.75, 3.05) is 19.7 Å². The molecule has 4 N–H and O–H groups in total. The Hall–Kier alpha value is -3.11. The lowest BCUT2D eigenvalue weighted by Crippen LogP contribution is -2.45. The molecule has 1 aliphatic heterocycles. The Morgan fingerprint density at radius 3 is 2.66 bits per heavy atom. The number of piperidine rings is 1. The SMILES string of the molecule is Cc1cc2c(OC[C@@H](O)CN3CC[C@@H](c4cc5cc(Cl)ccc5s4)C[C@@H]3C)cccc2[nH]1.O=C(O)C(=O)O. The Bertz CT molecular complexity index is 1420. The molecule has 38 heavy (non-hydrogen) atoms. The molecule has 3 heterocycles. The molecular formula is C28H31ClN2O6S. The summed E-state index contributed by atoms with van der Waals surface area (Å²) in [6.07, 6.45) is 1.70. The number of rotatable bonds is 6. The fraction of sp³-hybridized carbons (Fsp3) is 0.357. The summed E-state index contributed by atoms with van der Waals surface area (Å²) in [5, 5.41) is 28.6. The number of fused-ring (bicyclic) bond motifs is 2. The van der Waals surface area contributed by atoms with Crippen molar-refractivity contribution in [2.24, 2.45) is 0 Å². The first kappa shape index (κ1) is 27.9. The lowest BCUT2D eigenvalue weighted by atomic mass is 9.90. The topological polar surface area (TPSA) is 123 Å². The largest absolute Gasteiger partial charge is 0.490 e. The van der Waals surface area contributed by atoms with Crippen molar-refractivity contribution in [1.82, 2.24) is 9.88 Å². The number of hydrogen-bond donors (Lipinski definition) is 4. The molecule has 0 saturated carbocycles. The first-order valence-corrected chi connectivity index (χ1v) is 13.6. The number of carbonyl (C=O) groups is 2. The molecule has 2 aromatic carbocycles. The van der Waals surface area contributed by atoms with Gasteiger partial charge in [0.25, 0.3) is 0 Å². The maximum atomic E-state index is 10.7. The van der Waals surface area contributed by atoms with E-state index in [0.29, 0.717) is 25.1 Å². The van der Waals surface area contributed by atoms with E-state index in [0.717, 1.165) is 46.8 Å². The fourth-order valence-corrected chi connectivity index (χ4v) is 6.26. The van der Waals surface area contributed by atoms with Crippen molar-refractivity contribution in [3.8, 4) is 5.75 Å². The first-order valence-electron chi connectivity index (χ1n) is 12.4. The van der Waals surface area contributed by atoms with Gasteiger partial charge in [0.1, 0.15) is 18.5 Å². The summed E-state index contributed by atoms with van der Waals surface area (Å²) in [7, 11) is 0. The highest BCUT2D eigenvalue weighted by atomic mass is 35.5. The lowest BCUT2D eigenvalue weighted by molar-refractivity contribution is -0.159. The van der Waals surface area contributed by atoms with Gasteiger partial charge in [0, 0.05) is 43.8 Å². The number of halogens is 1. The average molecular weight is 559 g/mol. The molecule has 8 nitrogen and oxygen atoms in total. The Morgan fingerprint density at radius 2 is 1.95 bits per heavy atom. The van der Waals surface area contributed by atoms with Crippen LogP contribution in [0.5, 0.6) is 5.75 Å². The number of aliphatic hydroxyl groups excluding tert-OH is 1. The standard InChI is InChI=1S/C26H29ClN2O2S.C2H2O4/c1-16-10-22-23(28-16)4-3-5-24(22)31-15-21(30)14-29-9-8-18(11-17(29)2)26-13-19-12-20(27)6-7-25(19)32-26;3-1(4)2(5)6/h3-7,10,12-13,17-18,21,28,30H,8-9,11,14-15H2,1-2H3;(H,3,4)(H,5,6)/t17-,18+,21-;/m0./s1. The number of carboxylic acid groups (broad SMARTS) is 2. The number of thiophene rings is 1. The highest BCUT2D eigenvalue weighted by Gasteiger charge is 2.29. The van der Waals surface area contributed by atoms with E-state index in [1.165, 1.54) is 15.0 Å². The van der Waals surface area contributed by atoms with Crippen LogP contribution in [0, 0.1) is 6.92 Å². The van der Waals surface area contributed by atoms with Crippen LogP contribution in [0.3, 0.4) is 0 Å². The van der Waals surface area contributed by atoms with Gasteiger partial charge in [-0.15, -0.1) is 11.3 Å². The molecule has 1 saturated heterocycles. The summed E-state index contributed by atoms with van der Waals surface area (Å²) in [6.45, 7) is 6.24. The van der Waals surface area contributed by atoms with Gasteiger partial charge in [-0.25, -0.2) is 9.59 Å². The average Bonchev–Trinajstić information content (AvgIpc) is 3.46. The van der Waals surface area contributed by atoms with Crippen LogP contribution in [0.2, 0.25) is 5.02 Å². The second-order valence-electron chi connectivity index (χ2n) is 9.64. The van der Waals surface area contributed by atoms with Gasteiger partial charge in [0.15, 0.2) is 0 Å². The van der Waals surface area contributed by atoms with Crippen LogP contribution in [-0.2, 0) is 9.59 Å². The quantitative estimate of drug-likeness (QED) is 0.230. The van der Waals surface area contributed by atoms with Crippen molar-refractivity contribution in [3.05, 3.63) is 64.1 Å². The molecule has 10 heteroatoms. The minimum absolute atomic E-state index is 0.299. The monoisotopic (exact) mass is 558 g/mol. The number of aryl methyl sites for hydroxylation is 1. The number of aliphatic hydroxyl groups is 1. The third-order valence-electron chi connectivity index (χ3n) is 6.73. The number of H-pyrrole nitrogens is 1. The predicted octanol–water partition coefficient (Wildman–Crippen LogP) is 5.51. The van der Waals surface area contributed by atoms with E-state index in [2.05, 4.69) is 41.1 Å². The van der Waals surface area contributed by atoms with Gasteiger partial charge in [0.2, 0.25) is 0 Å². The van der Waals surface area contributed by atoms with E-state index in [1.54, 1.807) is 0 Å². The van der Waals surface area contributed by atoms with Gasteiger partial charge in [-0.3, -0.25) is 4.90 Å². The Morgan fingerprint density at radius 1 is 1.18 bits per heavy atom. The number of aromatic amines is 1. The number of β-amino-alcohol motifs (C(OH)–C–C–N with tert-alkyl or cyclic N) is 1. The molecule has 0 spiro atoms. The van der Waals surface area contributed by atoms with E-state index in [9.17, 15) is 5.11 Å². The number of ether oxygens (including phenoxy) is 1. The van der Waals surface area contributed by atoms with Gasteiger partial charge in [0.05, 0.1) is 0 Å². The number of benzene rings is 2. The zero-order chi connectivity index (χ0) is 27.4. The molecule has 1 aliphatic rings. The molecule has 0 bridgehead atoms. The van der Waals surface area contributed by atoms with Crippen LogP contribution in [0.25, 0.3) is 21.0 Å². The van der Waals surface area contributed by atoms with E-state index in [-0.39, 0.29) is 0 Å². The molecular weight excluding hydrogens is 528 g/mol. The summed E-state index contributed by atoms with van der Waals surface area (Å²) < 4.78 is 7.30. The number of nitrogens with one attached hydrogen (secondary N) is 1. The second-order valence-corrected chi connectivity index (χ2v) is 11.2. The zero-order valence-corrected chi connectivity index (χ0v) is 22.8. The van der Waals surface area contributed by atoms with Crippen LogP contribution in [0.4, 0.5) is 0 Å². The fourth-order valence-electron chi connectivity index (χ4n) is 4.89. The molecule has 4 aromatic rings. The lowest BCUT2D eigenvalue weighted by Gasteiger charge is -2.38. The van der Waals surface area contributed by atoms with Crippen LogP contribution in [0.15, 0.2) is 48.5 Å². The molecule has 1 fully saturated rings. The highest BCUT2D eigenvalue weighted by Crippen LogP contribution is 2.39. The minimum atomic E-state index is -1.82. The van der Waals surface area contributed by atoms with Gasteiger partial charge >= 0.3 is 11.9 Å². The van der Waals surface area contributed by atoms with Crippen molar-refractivity contribution in [3.63, 3.8) is 0 Å². The summed E-state index contributed by atoms with van der Waals surface area (Å²) in [6, 6.07) is 17.0. The van der Waals surface area contributed by atoms with Crippen LogP contribution < -0.4 is 4.74 Å². The number of nitrogens with zero attached hydrogens (tertiary/aromatic N) is 1. The van der Waals surface area contributed by atoms with Gasteiger partial charge < -0.3 is 25.0 Å². The number of hydrogen-bond acceptors (Lipinski definition) is 6. The van der Waals surface area contributed by atoms with E-state index < -0.39 is 18.0 Å². The molecule has 0 aliphatic carbocycles. The Labute approximate surface area is 229 Å². The first-order chi connectivity index (χ1) is 18.1. The minimum Gasteiger partial charge on any atom is -0.490 e. The Kier molecular flexibility index (Phi) is 8.94. The van der Waals surface area contributed by atoms with Gasteiger partial charge in [-0.1, -0.05) is 17.7 Å². The molecule has 0 radical (unpaired) electrons. The molecule has 5 rings (SSSR count). The highest BCUT2D eigenvalue weighted by molar-refractivity contribution is 7.19. The van der Waals surface area contributed by atoms with Crippen molar-refractivity contribution < 1.29 is 29.6 Å². The number of aliphatic carboxylic acids is 2.